The van der Waals surface area contributed by atoms with Crippen LogP contribution in [0.1, 0.15) is 36.2 Å². The van der Waals surface area contributed by atoms with Gasteiger partial charge in [-0.3, -0.25) is 4.79 Å². The molecule has 0 aromatic heterocycles. The Bertz CT molecular complexity index is 444. The molecule has 1 amide bonds. The SMILES string of the molecule is Cc1c(N)cc(Br)cc1C(=O)N(C)CCC(C)C. The minimum Gasteiger partial charge on any atom is -0.398 e. The lowest BCUT2D eigenvalue weighted by atomic mass is 10.1. The van der Waals surface area contributed by atoms with Gasteiger partial charge in [0, 0.05) is 29.3 Å². The van der Waals surface area contributed by atoms with Crippen molar-refractivity contribution in [1.82, 2.24) is 4.90 Å². The summed E-state index contributed by atoms with van der Waals surface area (Å²) in [6.45, 7) is 6.95. The summed E-state index contributed by atoms with van der Waals surface area (Å²) in [4.78, 5) is 14.1. The maximum absolute atomic E-state index is 12.3. The number of nitrogens with two attached hydrogens (primary N) is 1. The molecule has 1 aromatic carbocycles. The number of anilines is 1. The lowest BCUT2D eigenvalue weighted by molar-refractivity contribution is 0.0788. The van der Waals surface area contributed by atoms with Crippen molar-refractivity contribution in [2.75, 3.05) is 19.3 Å². The second-order valence-corrected chi connectivity index (χ2v) is 5.99. The minimum absolute atomic E-state index is 0.0288. The van der Waals surface area contributed by atoms with Gasteiger partial charge in [0.15, 0.2) is 0 Å². The number of hydrogen-bond donors (Lipinski definition) is 1. The first-order valence-electron chi connectivity index (χ1n) is 6.14. The average molecular weight is 313 g/mol. The molecule has 0 unspecified atom stereocenters. The van der Waals surface area contributed by atoms with E-state index in [0.29, 0.717) is 17.2 Å². The third-order valence-electron chi connectivity index (χ3n) is 3.03. The third kappa shape index (κ3) is 3.73. The van der Waals surface area contributed by atoms with E-state index in [4.69, 9.17) is 5.73 Å². The second kappa shape index (κ2) is 6.23. The first kappa shape index (κ1) is 15.0. The van der Waals surface area contributed by atoms with E-state index >= 15 is 0 Å². The first-order chi connectivity index (χ1) is 8.32. The van der Waals surface area contributed by atoms with Crippen LogP contribution >= 0.6 is 15.9 Å². The van der Waals surface area contributed by atoms with Crippen LogP contribution in [0, 0.1) is 12.8 Å². The van der Waals surface area contributed by atoms with Crippen molar-refractivity contribution >= 4 is 27.5 Å². The molecule has 0 aliphatic carbocycles. The average Bonchev–Trinajstić information content (AvgIpc) is 2.29. The van der Waals surface area contributed by atoms with Crippen LogP contribution in [0.15, 0.2) is 16.6 Å². The van der Waals surface area contributed by atoms with Gasteiger partial charge in [-0.2, -0.15) is 0 Å². The normalized spacial score (nSPS) is 10.8. The van der Waals surface area contributed by atoms with Crippen molar-refractivity contribution in [3.8, 4) is 0 Å². The van der Waals surface area contributed by atoms with Gasteiger partial charge in [-0.05, 0) is 37.0 Å². The van der Waals surface area contributed by atoms with Crippen molar-refractivity contribution in [3.05, 3.63) is 27.7 Å². The molecule has 1 aromatic rings. The number of nitrogen functional groups attached to an aromatic ring is 1. The van der Waals surface area contributed by atoms with Crippen molar-refractivity contribution < 1.29 is 4.79 Å². The van der Waals surface area contributed by atoms with Gasteiger partial charge in [-0.1, -0.05) is 29.8 Å². The molecule has 0 aliphatic heterocycles. The van der Waals surface area contributed by atoms with Gasteiger partial charge in [0.05, 0.1) is 0 Å². The van der Waals surface area contributed by atoms with Crippen LogP contribution in [0.3, 0.4) is 0 Å². The van der Waals surface area contributed by atoms with E-state index < -0.39 is 0 Å². The van der Waals surface area contributed by atoms with E-state index in [0.717, 1.165) is 23.0 Å². The molecule has 0 atom stereocenters. The summed E-state index contributed by atoms with van der Waals surface area (Å²) in [5.41, 5.74) is 8.05. The van der Waals surface area contributed by atoms with Crippen LogP contribution in [0.5, 0.6) is 0 Å². The lowest BCUT2D eigenvalue weighted by Gasteiger charge is -2.20. The standard InChI is InChI=1S/C14H21BrN2O/c1-9(2)5-6-17(4)14(18)12-7-11(15)8-13(16)10(12)3/h7-9H,5-6,16H2,1-4H3. The van der Waals surface area contributed by atoms with Crippen LogP contribution in [-0.4, -0.2) is 24.4 Å². The quantitative estimate of drug-likeness (QED) is 0.865. The van der Waals surface area contributed by atoms with E-state index in [1.807, 2.05) is 26.1 Å². The van der Waals surface area contributed by atoms with Gasteiger partial charge in [0.2, 0.25) is 0 Å². The molecule has 0 saturated carbocycles. The maximum atomic E-state index is 12.3. The summed E-state index contributed by atoms with van der Waals surface area (Å²) in [5.74, 6) is 0.620. The summed E-state index contributed by atoms with van der Waals surface area (Å²) < 4.78 is 0.839. The molecule has 0 heterocycles. The molecule has 0 aliphatic rings. The molecular formula is C14H21BrN2O. The zero-order chi connectivity index (χ0) is 13.9. The van der Waals surface area contributed by atoms with Crippen molar-refractivity contribution in [2.24, 2.45) is 5.92 Å². The molecule has 0 fully saturated rings. The Morgan fingerprint density at radius 1 is 1.44 bits per heavy atom. The monoisotopic (exact) mass is 312 g/mol. The number of carbonyl (C=O) groups excluding carboxylic acids is 1. The molecule has 100 valence electrons. The van der Waals surface area contributed by atoms with E-state index in [1.165, 1.54) is 0 Å². The molecule has 2 N–H and O–H groups in total. The van der Waals surface area contributed by atoms with Crippen LogP contribution in [0.25, 0.3) is 0 Å². The largest absolute Gasteiger partial charge is 0.398 e. The highest BCUT2D eigenvalue weighted by molar-refractivity contribution is 9.10. The fourth-order valence-corrected chi connectivity index (χ4v) is 2.16. The van der Waals surface area contributed by atoms with Crippen molar-refractivity contribution in [1.29, 1.82) is 0 Å². The molecule has 18 heavy (non-hydrogen) atoms. The number of nitrogens with zero attached hydrogens (tertiary/aromatic N) is 1. The molecule has 1 rings (SSSR count). The highest BCUT2D eigenvalue weighted by Gasteiger charge is 2.16. The van der Waals surface area contributed by atoms with E-state index in [-0.39, 0.29) is 5.91 Å². The van der Waals surface area contributed by atoms with Gasteiger partial charge in [0.1, 0.15) is 0 Å². The van der Waals surface area contributed by atoms with Gasteiger partial charge in [0.25, 0.3) is 5.91 Å². The van der Waals surface area contributed by atoms with Gasteiger partial charge in [-0.25, -0.2) is 0 Å². The number of hydrogen-bond acceptors (Lipinski definition) is 2. The van der Waals surface area contributed by atoms with Crippen LogP contribution in [-0.2, 0) is 0 Å². The Kier molecular flexibility index (Phi) is 5.20. The highest BCUT2D eigenvalue weighted by atomic mass is 79.9. The Balaban J connectivity index is 2.90. The molecule has 0 saturated heterocycles. The second-order valence-electron chi connectivity index (χ2n) is 5.08. The van der Waals surface area contributed by atoms with Crippen molar-refractivity contribution in [3.63, 3.8) is 0 Å². The van der Waals surface area contributed by atoms with Crippen LogP contribution in [0.4, 0.5) is 5.69 Å². The van der Waals surface area contributed by atoms with E-state index in [1.54, 1.807) is 4.90 Å². The zero-order valence-corrected chi connectivity index (χ0v) is 13.0. The van der Waals surface area contributed by atoms with Gasteiger partial charge in [-0.15, -0.1) is 0 Å². The molecule has 0 radical (unpaired) electrons. The number of carbonyl (C=O) groups is 1. The Morgan fingerprint density at radius 2 is 2.06 bits per heavy atom. The Hall–Kier alpha value is -1.03. The van der Waals surface area contributed by atoms with E-state index in [9.17, 15) is 4.79 Å². The van der Waals surface area contributed by atoms with Crippen LogP contribution < -0.4 is 5.73 Å². The number of amides is 1. The molecule has 0 spiro atoms. The molecule has 4 heteroatoms. The summed E-state index contributed by atoms with van der Waals surface area (Å²) in [6.07, 6.45) is 1.00. The van der Waals surface area contributed by atoms with Gasteiger partial charge < -0.3 is 10.6 Å². The lowest BCUT2D eigenvalue weighted by Crippen LogP contribution is -2.29. The minimum atomic E-state index is 0.0288. The number of rotatable bonds is 4. The third-order valence-corrected chi connectivity index (χ3v) is 3.49. The summed E-state index contributed by atoms with van der Waals surface area (Å²) in [7, 11) is 1.83. The Labute approximate surface area is 117 Å². The summed E-state index contributed by atoms with van der Waals surface area (Å²) >= 11 is 3.38. The summed E-state index contributed by atoms with van der Waals surface area (Å²) in [6, 6.07) is 3.65. The van der Waals surface area contributed by atoms with Crippen molar-refractivity contribution in [2.45, 2.75) is 27.2 Å². The highest BCUT2D eigenvalue weighted by Crippen LogP contribution is 2.23. The van der Waals surface area contributed by atoms with E-state index in [2.05, 4.69) is 29.8 Å². The fraction of sp³-hybridized carbons (Fsp3) is 0.500. The molecule has 0 bridgehead atoms. The number of benzene rings is 1. The van der Waals surface area contributed by atoms with Gasteiger partial charge >= 0.3 is 0 Å². The maximum Gasteiger partial charge on any atom is 0.253 e. The predicted octanol–water partition coefficient (Wildman–Crippen LogP) is 3.46. The fourth-order valence-electron chi connectivity index (χ4n) is 1.68. The molecule has 3 nitrogen and oxygen atoms in total. The summed E-state index contributed by atoms with van der Waals surface area (Å²) in [5, 5.41) is 0. The molecular weight excluding hydrogens is 292 g/mol. The first-order valence-corrected chi connectivity index (χ1v) is 6.93. The number of halogens is 1. The predicted molar refractivity (Wildman–Crippen MR) is 79.7 cm³/mol. The topological polar surface area (TPSA) is 46.3 Å². The smallest absolute Gasteiger partial charge is 0.253 e. The van der Waals surface area contributed by atoms with Crippen LogP contribution in [0.2, 0.25) is 0 Å². The Morgan fingerprint density at radius 3 is 2.61 bits per heavy atom. The zero-order valence-electron chi connectivity index (χ0n) is 11.5.